The number of hydrogen-bond acceptors (Lipinski definition) is 4. The smallest absolute Gasteiger partial charge is 0.389 e. The zero-order chi connectivity index (χ0) is 15.1. The van der Waals surface area contributed by atoms with Gasteiger partial charge in [0, 0.05) is 13.1 Å². The Bertz CT molecular complexity index is 575. The van der Waals surface area contributed by atoms with Crippen molar-refractivity contribution in [1.82, 2.24) is 4.31 Å². The van der Waals surface area contributed by atoms with Crippen LogP contribution in [0.15, 0.2) is 29.2 Å². The summed E-state index contributed by atoms with van der Waals surface area (Å²) in [5, 5.41) is 18.6. The molecule has 1 aliphatic heterocycles. The molecule has 112 valence electrons. The largest absolute Gasteiger partial charge is 0.416 e. The predicted octanol–water partition coefficient (Wildman–Crippen LogP) is 0.431. The Balaban J connectivity index is 2.27. The fraction of sp³-hybridized carbons (Fsp3) is 0.455. The van der Waals surface area contributed by atoms with Gasteiger partial charge in [-0.3, -0.25) is 0 Å². The van der Waals surface area contributed by atoms with Gasteiger partial charge in [-0.15, -0.1) is 0 Å². The van der Waals surface area contributed by atoms with E-state index in [4.69, 9.17) is 0 Å². The number of benzene rings is 1. The van der Waals surface area contributed by atoms with Crippen molar-refractivity contribution >= 4 is 10.0 Å². The summed E-state index contributed by atoms with van der Waals surface area (Å²) in [6.45, 7) is -0.574. The van der Waals surface area contributed by atoms with E-state index in [9.17, 15) is 31.8 Å². The molecule has 0 aromatic heterocycles. The van der Waals surface area contributed by atoms with Crippen LogP contribution in [0.25, 0.3) is 0 Å². The van der Waals surface area contributed by atoms with E-state index in [-0.39, 0.29) is 18.0 Å². The zero-order valence-corrected chi connectivity index (χ0v) is 10.9. The highest BCUT2D eigenvalue weighted by molar-refractivity contribution is 7.89. The van der Waals surface area contributed by atoms with E-state index < -0.39 is 34.0 Å². The lowest BCUT2D eigenvalue weighted by atomic mass is 10.2. The molecular formula is C11H12F3NO4S. The maximum absolute atomic E-state index is 12.4. The summed E-state index contributed by atoms with van der Waals surface area (Å²) in [6, 6.07) is 3.07. The standard InChI is InChI=1S/C11H12F3NO4S/c12-11(13,14)7-1-3-8(4-2-7)20(18,19)15-5-9(16)10(17)6-15/h1-4,9-10,16-17H,5-6H2. The van der Waals surface area contributed by atoms with Crippen molar-refractivity contribution < 1.29 is 31.8 Å². The van der Waals surface area contributed by atoms with Gasteiger partial charge in [-0.25, -0.2) is 8.42 Å². The lowest BCUT2D eigenvalue weighted by Gasteiger charge is -2.16. The van der Waals surface area contributed by atoms with Crippen LogP contribution in [0.1, 0.15) is 5.56 Å². The number of hydrogen-bond donors (Lipinski definition) is 2. The molecule has 1 aromatic carbocycles. The molecule has 0 amide bonds. The highest BCUT2D eigenvalue weighted by Gasteiger charge is 2.38. The first-order chi connectivity index (χ1) is 9.12. The van der Waals surface area contributed by atoms with E-state index >= 15 is 0 Å². The molecule has 0 radical (unpaired) electrons. The summed E-state index contributed by atoms with van der Waals surface area (Å²) in [5.41, 5.74) is -0.946. The molecule has 2 N–H and O–H groups in total. The SMILES string of the molecule is O=S(=O)(c1ccc(C(F)(F)F)cc1)N1CC(O)C(O)C1. The molecule has 1 saturated heterocycles. The first-order valence-electron chi connectivity index (χ1n) is 5.66. The second-order valence-corrected chi connectivity index (χ2v) is 6.42. The fourth-order valence-corrected chi connectivity index (χ4v) is 3.37. The molecule has 9 heteroatoms. The van der Waals surface area contributed by atoms with Crippen LogP contribution in [0.2, 0.25) is 0 Å². The third-order valence-corrected chi connectivity index (χ3v) is 4.89. The molecule has 1 fully saturated rings. The van der Waals surface area contributed by atoms with E-state index in [0.29, 0.717) is 12.1 Å². The lowest BCUT2D eigenvalue weighted by molar-refractivity contribution is -0.137. The van der Waals surface area contributed by atoms with Crippen LogP contribution in [0, 0.1) is 0 Å². The number of alkyl halides is 3. The molecule has 1 aromatic rings. The molecular weight excluding hydrogens is 299 g/mol. The van der Waals surface area contributed by atoms with Gasteiger partial charge < -0.3 is 10.2 Å². The Hall–Kier alpha value is -1.16. The molecule has 0 bridgehead atoms. The second kappa shape index (κ2) is 4.99. The van der Waals surface area contributed by atoms with Gasteiger partial charge in [0.05, 0.1) is 22.7 Å². The Morgan fingerprint density at radius 1 is 1.05 bits per heavy atom. The summed E-state index contributed by atoms with van der Waals surface area (Å²) < 4.78 is 62.2. The molecule has 1 heterocycles. The Morgan fingerprint density at radius 3 is 1.90 bits per heavy atom. The minimum Gasteiger partial charge on any atom is -0.389 e. The summed E-state index contributed by atoms with van der Waals surface area (Å²) in [5.74, 6) is 0. The van der Waals surface area contributed by atoms with Crippen molar-refractivity contribution in [3.8, 4) is 0 Å². The molecule has 2 atom stereocenters. The molecule has 5 nitrogen and oxygen atoms in total. The Morgan fingerprint density at radius 2 is 1.50 bits per heavy atom. The van der Waals surface area contributed by atoms with Crippen molar-refractivity contribution in [3.05, 3.63) is 29.8 Å². The molecule has 20 heavy (non-hydrogen) atoms. The van der Waals surface area contributed by atoms with Crippen LogP contribution < -0.4 is 0 Å². The second-order valence-electron chi connectivity index (χ2n) is 4.48. The van der Waals surface area contributed by atoms with E-state index in [1.165, 1.54) is 0 Å². The van der Waals surface area contributed by atoms with Crippen LogP contribution in [-0.4, -0.2) is 48.2 Å². The highest BCUT2D eigenvalue weighted by Crippen LogP contribution is 2.30. The number of sulfonamides is 1. The molecule has 1 aliphatic rings. The Kier molecular flexibility index (Phi) is 3.80. The number of β-amino-alcohol motifs (C(OH)–C–C–N with tert-alkyl or cyclic N) is 2. The highest BCUT2D eigenvalue weighted by atomic mass is 32.2. The van der Waals surface area contributed by atoms with E-state index in [1.54, 1.807) is 0 Å². The topological polar surface area (TPSA) is 77.8 Å². The van der Waals surface area contributed by atoms with Crippen molar-refractivity contribution in [2.75, 3.05) is 13.1 Å². The molecule has 0 saturated carbocycles. The minimum atomic E-state index is -4.54. The third-order valence-electron chi connectivity index (χ3n) is 3.04. The van der Waals surface area contributed by atoms with Crippen molar-refractivity contribution in [1.29, 1.82) is 0 Å². The normalized spacial score (nSPS) is 25.1. The van der Waals surface area contributed by atoms with Gasteiger partial charge >= 0.3 is 6.18 Å². The number of aliphatic hydroxyl groups is 2. The van der Waals surface area contributed by atoms with Gasteiger partial charge in [0.25, 0.3) is 0 Å². The van der Waals surface area contributed by atoms with Crippen molar-refractivity contribution in [2.45, 2.75) is 23.3 Å². The monoisotopic (exact) mass is 311 g/mol. The zero-order valence-electron chi connectivity index (χ0n) is 10.1. The van der Waals surface area contributed by atoms with Crippen LogP contribution in [0.4, 0.5) is 13.2 Å². The van der Waals surface area contributed by atoms with Crippen LogP contribution >= 0.6 is 0 Å². The van der Waals surface area contributed by atoms with Gasteiger partial charge in [0.2, 0.25) is 10.0 Å². The van der Waals surface area contributed by atoms with Gasteiger partial charge in [-0.1, -0.05) is 0 Å². The first-order valence-corrected chi connectivity index (χ1v) is 7.10. The minimum absolute atomic E-state index is 0.287. The summed E-state index contributed by atoms with van der Waals surface area (Å²) >= 11 is 0. The summed E-state index contributed by atoms with van der Waals surface area (Å²) in [4.78, 5) is -0.313. The van der Waals surface area contributed by atoms with Crippen LogP contribution in [0.5, 0.6) is 0 Å². The summed E-state index contributed by atoms with van der Waals surface area (Å²) in [6.07, 6.45) is -6.93. The Labute approximate surface area is 113 Å². The molecule has 2 unspecified atom stereocenters. The fourth-order valence-electron chi connectivity index (χ4n) is 1.90. The van der Waals surface area contributed by atoms with Crippen molar-refractivity contribution in [3.63, 3.8) is 0 Å². The van der Waals surface area contributed by atoms with E-state index in [0.717, 1.165) is 16.4 Å². The van der Waals surface area contributed by atoms with Gasteiger partial charge in [0.1, 0.15) is 0 Å². The average molecular weight is 311 g/mol. The average Bonchev–Trinajstić information content (AvgIpc) is 2.69. The molecule has 2 rings (SSSR count). The van der Waals surface area contributed by atoms with Crippen LogP contribution in [-0.2, 0) is 16.2 Å². The number of rotatable bonds is 2. The number of halogens is 3. The number of aliphatic hydroxyl groups excluding tert-OH is 2. The van der Waals surface area contributed by atoms with E-state index in [2.05, 4.69) is 0 Å². The first kappa shape index (κ1) is 15.2. The summed E-state index contributed by atoms with van der Waals surface area (Å²) in [7, 11) is -4.02. The van der Waals surface area contributed by atoms with Gasteiger partial charge in [-0.05, 0) is 24.3 Å². The molecule has 0 spiro atoms. The maximum Gasteiger partial charge on any atom is 0.416 e. The third kappa shape index (κ3) is 2.80. The molecule has 0 aliphatic carbocycles. The lowest BCUT2D eigenvalue weighted by Crippen LogP contribution is -2.30. The van der Waals surface area contributed by atoms with Crippen molar-refractivity contribution in [2.24, 2.45) is 0 Å². The quantitative estimate of drug-likeness (QED) is 0.830. The van der Waals surface area contributed by atoms with Crippen LogP contribution in [0.3, 0.4) is 0 Å². The van der Waals surface area contributed by atoms with Gasteiger partial charge in [0.15, 0.2) is 0 Å². The maximum atomic E-state index is 12.4. The predicted molar refractivity (Wildman–Crippen MR) is 62.2 cm³/mol. The number of nitrogens with zero attached hydrogens (tertiary/aromatic N) is 1. The van der Waals surface area contributed by atoms with E-state index in [1.807, 2.05) is 0 Å². The van der Waals surface area contributed by atoms with Gasteiger partial charge in [-0.2, -0.15) is 17.5 Å².